The minimum atomic E-state index is -0.450. The molecule has 0 aliphatic carbocycles. The number of hydrogen-bond acceptors (Lipinski definition) is 3. The van der Waals surface area contributed by atoms with E-state index in [-0.39, 0.29) is 11.9 Å². The number of amides is 1. The molecule has 1 aliphatic heterocycles. The average Bonchev–Trinajstić information content (AvgIpc) is 2.42. The molecule has 0 saturated carbocycles. The minimum absolute atomic E-state index is 0.143. The van der Waals surface area contributed by atoms with E-state index in [0.29, 0.717) is 23.2 Å². The Morgan fingerprint density at radius 1 is 1.53 bits per heavy atom. The molecule has 2 N–H and O–H groups in total. The lowest BCUT2D eigenvalue weighted by Crippen LogP contribution is -2.48. The van der Waals surface area contributed by atoms with Crippen molar-refractivity contribution in [3.8, 4) is 0 Å². The van der Waals surface area contributed by atoms with Gasteiger partial charge in [0, 0.05) is 13.1 Å². The smallest absolute Gasteiger partial charge is 0.250 e. The van der Waals surface area contributed by atoms with Crippen LogP contribution in [0.1, 0.15) is 18.5 Å². The maximum absolute atomic E-state index is 12.0. The summed E-state index contributed by atoms with van der Waals surface area (Å²) in [5.74, 6) is -0.143. The van der Waals surface area contributed by atoms with Crippen LogP contribution in [0.15, 0.2) is 18.2 Å². The summed E-state index contributed by atoms with van der Waals surface area (Å²) in [6.45, 7) is 3.72. The largest absolute Gasteiger partial charge is 0.366 e. The van der Waals surface area contributed by atoms with Gasteiger partial charge in [0.2, 0.25) is 0 Å². The van der Waals surface area contributed by atoms with Gasteiger partial charge in [-0.1, -0.05) is 35.3 Å². The Kier molecular flexibility index (Phi) is 5.05. The molecule has 1 fully saturated rings. The lowest BCUT2D eigenvalue weighted by atomic mass is 10.1. The van der Waals surface area contributed by atoms with Crippen LogP contribution < -0.4 is 10.6 Å². The van der Waals surface area contributed by atoms with Gasteiger partial charge in [0.1, 0.15) is 6.10 Å². The first-order valence-electron chi connectivity index (χ1n) is 6.16. The van der Waals surface area contributed by atoms with Crippen LogP contribution in [0.5, 0.6) is 0 Å². The summed E-state index contributed by atoms with van der Waals surface area (Å²) in [4.78, 5) is 12.0. The second-order valence-electron chi connectivity index (χ2n) is 4.44. The topological polar surface area (TPSA) is 50.4 Å². The SMILES string of the molecule is CC(NC(=O)C1CNCCO1)c1cccc(Cl)c1Cl. The lowest BCUT2D eigenvalue weighted by molar-refractivity contribution is -0.134. The molecule has 4 nitrogen and oxygen atoms in total. The summed E-state index contributed by atoms with van der Waals surface area (Å²) in [6, 6.07) is 5.16. The Bertz CT molecular complexity index is 462. The van der Waals surface area contributed by atoms with E-state index in [2.05, 4.69) is 10.6 Å². The molecule has 1 saturated heterocycles. The van der Waals surface area contributed by atoms with Crippen molar-refractivity contribution in [1.82, 2.24) is 10.6 Å². The van der Waals surface area contributed by atoms with Crippen molar-refractivity contribution in [2.75, 3.05) is 19.7 Å². The first-order valence-corrected chi connectivity index (χ1v) is 6.92. The third-order valence-corrected chi connectivity index (χ3v) is 3.86. The van der Waals surface area contributed by atoms with Crippen LogP contribution in [0.3, 0.4) is 0 Å². The summed E-state index contributed by atoms with van der Waals surface area (Å²) in [7, 11) is 0. The van der Waals surface area contributed by atoms with E-state index in [1.54, 1.807) is 6.07 Å². The number of rotatable bonds is 3. The molecule has 1 aromatic carbocycles. The highest BCUT2D eigenvalue weighted by atomic mass is 35.5. The average molecular weight is 303 g/mol. The maximum atomic E-state index is 12.0. The molecule has 104 valence electrons. The first-order chi connectivity index (χ1) is 9.09. The second kappa shape index (κ2) is 6.57. The number of nitrogens with one attached hydrogen (secondary N) is 2. The molecule has 2 rings (SSSR count). The Hall–Kier alpha value is -0.810. The number of benzene rings is 1. The van der Waals surface area contributed by atoms with Crippen molar-refractivity contribution in [3.05, 3.63) is 33.8 Å². The molecule has 19 heavy (non-hydrogen) atoms. The Labute approximate surface area is 122 Å². The molecule has 2 unspecified atom stereocenters. The highest BCUT2D eigenvalue weighted by molar-refractivity contribution is 6.42. The predicted molar refractivity (Wildman–Crippen MR) is 75.6 cm³/mol. The van der Waals surface area contributed by atoms with Crippen molar-refractivity contribution >= 4 is 29.1 Å². The summed E-state index contributed by atoms with van der Waals surface area (Å²) < 4.78 is 5.40. The highest BCUT2D eigenvalue weighted by Crippen LogP contribution is 2.29. The molecule has 6 heteroatoms. The van der Waals surface area contributed by atoms with E-state index in [1.165, 1.54) is 0 Å². The summed E-state index contributed by atoms with van der Waals surface area (Å²) in [5, 5.41) is 6.96. The first kappa shape index (κ1) is 14.6. The van der Waals surface area contributed by atoms with Gasteiger partial charge in [-0.15, -0.1) is 0 Å². The van der Waals surface area contributed by atoms with Crippen LogP contribution in [-0.4, -0.2) is 31.7 Å². The number of ether oxygens (including phenoxy) is 1. The third-order valence-electron chi connectivity index (χ3n) is 3.03. The molecule has 1 aliphatic rings. The quantitative estimate of drug-likeness (QED) is 0.899. The van der Waals surface area contributed by atoms with E-state index in [1.807, 2.05) is 19.1 Å². The van der Waals surface area contributed by atoms with E-state index in [4.69, 9.17) is 27.9 Å². The van der Waals surface area contributed by atoms with Gasteiger partial charge in [0.05, 0.1) is 22.7 Å². The zero-order chi connectivity index (χ0) is 13.8. The van der Waals surface area contributed by atoms with E-state index >= 15 is 0 Å². The van der Waals surface area contributed by atoms with Gasteiger partial charge in [-0.25, -0.2) is 0 Å². The lowest BCUT2D eigenvalue weighted by Gasteiger charge is -2.25. The van der Waals surface area contributed by atoms with Crippen molar-refractivity contribution in [2.24, 2.45) is 0 Å². The fourth-order valence-electron chi connectivity index (χ4n) is 1.97. The maximum Gasteiger partial charge on any atom is 0.250 e. The van der Waals surface area contributed by atoms with Crippen LogP contribution in [0.4, 0.5) is 0 Å². The van der Waals surface area contributed by atoms with E-state index in [9.17, 15) is 4.79 Å². The van der Waals surface area contributed by atoms with Gasteiger partial charge in [-0.3, -0.25) is 4.79 Å². The molecule has 0 bridgehead atoms. The predicted octanol–water partition coefficient (Wildman–Crippen LogP) is 2.16. The normalized spacial score (nSPS) is 20.9. The summed E-state index contributed by atoms with van der Waals surface area (Å²) in [6.07, 6.45) is -0.450. The van der Waals surface area contributed by atoms with Gasteiger partial charge in [0.25, 0.3) is 5.91 Å². The van der Waals surface area contributed by atoms with Gasteiger partial charge in [-0.2, -0.15) is 0 Å². The monoisotopic (exact) mass is 302 g/mol. The van der Waals surface area contributed by atoms with Crippen molar-refractivity contribution in [1.29, 1.82) is 0 Å². The van der Waals surface area contributed by atoms with Crippen LogP contribution in [-0.2, 0) is 9.53 Å². The molecule has 1 aromatic rings. The van der Waals surface area contributed by atoms with Gasteiger partial charge in [-0.05, 0) is 18.6 Å². The molecule has 0 aromatic heterocycles. The Balaban J connectivity index is 2.02. The molecule has 1 heterocycles. The number of carbonyl (C=O) groups excluding carboxylic acids is 1. The van der Waals surface area contributed by atoms with Gasteiger partial charge < -0.3 is 15.4 Å². The van der Waals surface area contributed by atoms with E-state index < -0.39 is 6.10 Å². The van der Waals surface area contributed by atoms with Crippen LogP contribution >= 0.6 is 23.2 Å². The van der Waals surface area contributed by atoms with Crippen molar-refractivity contribution in [3.63, 3.8) is 0 Å². The minimum Gasteiger partial charge on any atom is -0.366 e. The molecule has 0 radical (unpaired) electrons. The van der Waals surface area contributed by atoms with Gasteiger partial charge in [0.15, 0.2) is 0 Å². The van der Waals surface area contributed by atoms with Crippen LogP contribution in [0.2, 0.25) is 10.0 Å². The van der Waals surface area contributed by atoms with Gasteiger partial charge >= 0.3 is 0 Å². The fraction of sp³-hybridized carbons (Fsp3) is 0.462. The van der Waals surface area contributed by atoms with Crippen LogP contribution in [0.25, 0.3) is 0 Å². The Morgan fingerprint density at radius 2 is 2.32 bits per heavy atom. The number of hydrogen-bond donors (Lipinski definition) is 2. The van der Waals surface area contributed by atoms with E-state index in [0.717, 1.165) is 12.1 Å². The van der Waals surface area contributed by atoms with Crippen LogP contribution in [0, 0.1) is 0 Å². The molecular weight excluding hydrogens is 287 g/mol. The second-order valence-corrected chi connectivity index (χ2v) is 5.22. The third kappa shape index (κ3) is 3.60. The summed E-state index contributed by atoms with van der Waals surface area (Å²) >= 11 is 12.1. The number of morpholine rings is 1. The molecule has 0 spiro atoms. The highest BCUT2D eigenvalue weighted by Gasteiger charge is 2.24. The zero-order valence-corrected chi connectivity index (χ0v) is 12.1. The molecule has 1 amide bonds. The summed E-state index contributed by atoms with van der Waals surface area (Å²) in [5.41, 5.74) is 0.797. The Morgan fingerprint density at radius 3 is 3.00 bits per heavy atom. The van der Waals surface area contributed by atoms with Crippen molar-refractivity contribution in [2.45, 2.75) is 19.1 Å². The molecular formula is C13H16Cl2N2O2. The van der Waals surface area contributed by atoms with Crippen molar-refractivity contribution < 1.29 is 9.53 Å². The molecule has 2 atom stereocenters. The standard InChI is InChI=1S/C13H16Cl2N2O2/c1-8(9-3-2-4-10(14)12(9)15)17-13(18)11-7-16-5-6-19-11/h2-4,8,11,16H,5-7H2,1H3,(H,17,18). The fourth-order valence-corrected chi connectivity index (χ4v) is 2.44. The zero-order valence-electron chi connectivity index (χ0n) is 10.6. The number of carbonyl (C=O) groups is 1. The number of halogens is 2.